The van der Waals surface area contributed by atoms with Gasteiger partial charge in [-0.1, -0.05) is 19.9 Å². The number of hydrazine groups is 1. The van der Waals surface area contributed by atoms with Crippen LogP contribution in [0.15, 0.2) is 12.7 Å². The summed E-state index contributed by atoms with van der Waals surface area (Å²) in [6.07, 6.45) is -3.07. The highest BCUT2D eigenvalue weighted by molar-refractivity contribution is 5.11. The van der Waals surface area contributed by atoms with E-state index in [4.69, 9.17) is 11.1 Å². The molecule has 0 spiro atoms. The van der Waals surface area contributed by atoms with Crippen LogP contribution in [0.1, 0.15) is 20.8 Å². The molecule has 17 heavy (non-hydrogen) atoms. The van der Waals surface area contributed by atoms with Crippen molar-refractivity contribution in [3.63, 3.8) is 0 Å². The Bertz CT molecular complexity index is 308. The minimum atomic E-state index is -4.44. The molecule has 4 atom stereocenters. The van der Waals surface area contributed by atoms with E-state index in [1.54, 1.807) is 19.3 Å². The first-order valence-electron chi connectivity index (χ1n) is 5.21. The average Bonchev–Trinajstić information content (AvgIpc) is 2.25. The molecular weight excluding hydrogens is 231 g/mol. The lowest BCUT2D eigenvalue weighted by molar-refractivity contribution is -0.172. The standard InChI is InChI=1S/C11H18F3N3/c1-5-10(4,6-15)8(3)7(2)9(17-16)11(12,13)14/h5,7-9,17H,1,16H2,2-4H3/t7-,8-,9+,10?/m1/s1. The first-order valence-corrected chi connectivity index (χ1v) is 5.21. The predicted molar refractivity (Wildman–Crippen MR) is 59.4 cm³/mol. The number of hydrogen-bond donors (Lipinski definition) is 2. The number of nitrogens with two attached hydrogens (primary N) is 1. The van der Waals surface area contributed by atoms with E-state index in [0.29, 0.717) is 0 Å². The summed E-state index contributed by atoms with van der Waals surface area (Å²) in [5.41, 5.74) is 0.760. The summed E-state index contributed by atoms with van der Waals surface area (Å²) in [6, 6.07) is 0.143. The molecular formula is C11H18F3N3. The van der Waals surface area contributed by atoms with Crippen LogP contribution in [0.5, 0.6) is 0 Å². The quantitative estimate of drug-likeness (QED) is 0.446. The molecule has 0 heterocycles. The zero-order valence-electron chi connectivity index (χ0n) is 10.2. The zero-order chi connectivity index (χ0) is 13.9. The van der Waals surface area contributed by atoms with Crippen molar-refractivity contribution in [1.29, 1.82) is 5.26 Å². The minimum Gasteiger partial charge on any atom is -0.271 e. The van der Waals surface area contributed by atoms with E-state index in [2.05, 4.69) is 6.58 Å². The maximum atomic E-state index is 12.7. The fraction of sp³-hybridized carbons (Fsp3) is 0.727. The average molecular weight is 249 g/mol. The van der Waals surface area contributed by atoms with Gasteiger partial charge in [0.15, 0.2) is 0 Å². The Labute approximate surface area is 99.4 Å². The lowest BCUT2D eigenvalue weighted by Gasteiger charge is -2.35. The number of nitrogens with zero attached hydrogens (tertiary/aromatic N) is 1. The Morgan fingerprint density at radius 1 is 1.41 bits per heavy atom. The van der Waals surface area contributed by atoms with Crippen LogP contribution < -0.4 is 11.3 Å². The topological polar surface area (TPSA) is 61.8 Å². The van der Waals surface area contributed by atoms with Gasteiger partial charge in [-0.3, -0.25) is 5.84 Å². The summed E-state index contributed by atoms with van der Waals surface area (Å²) in [5, 5.41) is 9.01. The zero-order valence-corrected chi connectivity index (χ0v) is 10.2. The molecule has 0 aliphatic rings. The summed E-state index contributed by atoms with van der Waals surface area (Å²) in [6.45, 7) is 8.07. The van der Waals surface area contributed by atoms with Crippen LogP contribution in [0.2, 0.25) is 0 Å². The van der Waals surface area contributed by atoms with Crippen LogP contribution in [0.25, 0.3) is 0 Å². The predicted octanol–water partition coefficient (Wildman–Crippen LogP) is 2.37. The van der Waals surface area contributed by atoms with Gasteiger partial charge in [-0.25, -0.2) is 5.43 Å². The molecule has 1 unspecified atom stereocenters. The molecule has 0 aliphatic carbocycles. The second-order valence-electron chi connectivity index (χ2n) is 4.43. The van der Waals surface area contributed by atoms with Crippen LogP contribution in [0.3, 0.4) is 0 Å². The fourth-order valence-corrected chi connectivity index (χ4v) is 1.71. The second kappa shape index (κ2) is 5.52. The molecule has 3 N–H and O–H groups in total. The van der Waals surface area contributed by atoms with Gasteiger partial charge < -0.3 is 0 Å². The Balaban J connectivity index is 5.11. The van der Waals surface area contributed by atoms with Gasteiger partial charge in [-0.2, -0.15) is 18.4 Å². The molecule has 0 aromatic carbocycles. The largest absolute Gasteiger partial charge is 0.405 e. The lowest BCUT2D eigenvalue weighted by atomic mass is 9.71. The van der Waals surface area contributed by atoms with Crippen LogP contribution in [-0.2, 0) is 0 Å². The number of nitriles is 1. The number of allylic oxidation sites excluding steroid dienone is 1. The fourth-order valence-electron chi connectivity index (χ4n) is 1.71. The molecule has 0 saturated heterocycles. The monoisotopic (exact) mass is 249 g/mol. The van der Waals surface area contributed by atoms with Crippen molar-refractivity contribution < 1.29 is 13.2 Å². The van der Waals surface area contributed by atoms with Gasteiger partial charge in [0.1, 0.15) is 6.04 Å². The van der Waals surface area contributed by atoms with E-state index in [1.807, 2.05) is 6.07 Å². The van der Waals surface area contributed by atoms with E-state index in [-0.39, 0.29) is 0 Å². The van der Waals surface area contributed by atoms with E-state index < -0.39 is 29.5 Å². The maximum Gasteiger partial charge on any atom is 0.405 e. The molecule has 0 bridgehead atoms. The van der Waals surface area contributed by atoms with Crippen LogP contribution in [0, 0.1) is 28.6 Å². The molecule has 0 aromatic heterocycles. The third-order valence-corrected chi connectivity index (χ3v) is 3.46. The third kappa shape index (κ3) is 3.45. The number of halogens is 3. The number of rotatable bonds is 5. The van der Waals surface area contributed by atoms with Gasteiger partial charge >= 0.3 is 6.18 Å². The van der Waals surface area contributed by atoms with Gasteiger partial charge in [0.2, 0.25) is 0 Å². The lowest BCUT2D eigenvalue weighted by Crippen LogP contribution is -2.53. The van der Waals surface area contributed by atoms with Gasteiger partial charge in [-0.15, -0.1) is 6.58 Å². The SMILES string of the molecule is C=CC(C)(C#N)[C@H](C)[C@@H](C)[C@H](NN)C(F)(F)F. The first-order chi connectivity index (χ1) is 7.64. The Kier molecular flexibility index (Phi) is 5.17. The minimum absolute atomic E-state index is 0.535. The molecule has 0 saturated carbocycles. The number of alkyl halides is 3. The van der Waals surface area contributed by atoms with Crippen molar-refractivity contribution in [3.8, 4) is 6.07 Å². The van der Waals surface area contributed by atoms with E-state index >= 15 is 0 Å². The summed E-state index contributed by atoms with van der Waals surface area (Å²) < 4.78 is 38.0. The molecule has 3 nitrogen and oxygen atoms in total. The Morgan fingerprint density at radius 2 is 1.88 bits per heavy atom. The molecule has 0 fully saturated rings. The van der Waals surface area contributed by atoms with Crippen molar-refractivity contribution in [1.82, 2.24) is 5.43 Å². The van der Waals surface area contributed by atoms with Crippen molar-refractivity contribution >= 4 is 0 Å². The maximum absolute atomic E-state index is 12.7. The van der Waals surface area contributed by atoms with Crippen LogP contribution in [-0.4, -0.2) is 12.2 Å². The molecule has 98 valence electrons. The van der Waals surface area contributed by atoms with Crippen LogP contribution in [0.4, 0.5) is 13.2 Å². The van der Waals surface area contributed by atoms with Crippen molar-refractivity contribution in [3.05, 3.63) is 12.7 Å². The van der Waals surface area contributed by atoms with E-state index in [0.717, 1.165) is 0 Å². The normalized spacial score (nSPS) is 20.8. The highest BCUT2D eigenvalue weighted by Gasteiger charge is 2.47. The Hall–Kier alpha value is -1.06. The molecule has 0 rings (SSSR count). The molecule has 0 aromatic rings. The van der Waals surface area contributed by atoms with Crippen molar-refractivity contribution in [2.24, 2.45) is 23.1 Å². The van der Waals surface area contributed by atoms with E-state index in [1.165, 1.54) is 13.0 Å². The van der Waals surface area contributed by atoms with Gasteiger partial charge in [0.05, 0.1) is 11.5 Å². The van der Waals surface area contributed by atoms with Gasteiger partial charge in [0.25, 0.3) is 0 Å². The van der Waals surface area contributed by atoms with Crippen LogP contribution >= 0.6 is 0 Å². The van der Waals surface area contributed by atoms with E-state index in [9.17, 15) is 13.2 Å². The summed E-state index contributed by atoms with van der Waals surface area (Å²) in [7, 11) is 0. The first kappa shape index (κ1) is 15.9. The number of hydrogen-bond acceptors (Lipinski definition) is 3. The van der Waals surface area contributed by atoms with Gasteiger partial charge in [0, 0.05) is 0 Å². The second-order valence-corrected chi connectivity index (χ2v) is 4.43. The molecule has 0 aliphatic heterocycles. The van der Waals surface area contributed by atoms with Crippen molar-refractivity contribution in [2.75, 3.05) is 0 Å². The number of nitrogens with one attached hydrogen (secondary N) is 1. The summed E-state index contributed by atoms with van der Waals surface area (Å²) in [4.78, 5) is 0. The van der Waals surface area contributed by atoms with Crippen molar-refractivity contribution in [2.45, 2.75) is 33.0 Å². The summed E-state index contributed by atoms with van der Waals surface area (Å²) >= 11 is 0. The molecule has 6 heteroatoms. The highest BCUT2D eigenvalue weighted by Crippen LogP contribution is 2.38. The highest BCUT2D eigenvalue weighted by atomic mass is 19.4. The molecule has 0 amide bonds. The third-order valence-electron chi connectivity index (χ3n) is 3.46. The van der Waals surface area contributed by atoms with Gasteiger partial charge in [-0.05, 0) is 18.8 Å². The Morgan fingerprint density at radius 3 is 2.12 bits per heavy atom. The molecule has 0 radical (unpaired) electrons. The summed E-state index contributed by atoms with van der Waals surface area (Å²) in [5.74, 6) is 3.57. The smallest absolute Gasteiger partial charge is 0.271 e.